The van der Waals surface area contributed by atoms with E-state index in [2.05, 4.69) is 22.0 Å². The van der Waals surface area contributed by atoms with Gasteiger partial charge in [0, 0.05) is 26.2 Å². The van der Waals surface area contributed by atoms with E-state index in [1.165, 1.54) is 0 Å². The largest absolute Gasteiger partial charge is 0.490 e. The molecule has 0 atom stereocenters. The summed E-state index contributed by atoms with van der Waals surface area (Å²) in [6.07, 6.45) is 1.72. The standard InChI is InChI=1S/C24H16BrCl4NO2/c1-2-31-23-9-14(7-16(12-30)19-6-5-18(27)11-22(19)29)8-20(25)24(23)32-13-15-3-4-17(26)10-21(15)28/h3-11H,2,13H2,1H3/b16-7+. The predicted molar refractivity (Wildman–Crippen MR) is 136 cm³/mol. The topological polar surface area (TPSA) is 42.2 Å². The monoisotopic (exact) mass is 569 g/mol. The number of allylic oxidation sites excluding steroid dienone is 1. The molecule has 0 fully saturated rings. The zero-order chi connectivity index (χ0) is 23.3. The number of ether oxygens (including phenoxy) is 2. The van der Waals surface area contributed by atoms with Crippen molar-refractivity contribution in [1.82, 2.24) is 0 Å². The molecule has 3 nitrogen and oxygen atoms in total. The molecule has 0 aliphatic heterocycles. The summed E-state index contributed by atoms with van der Waals surface area (Å²) in [6, 6.07) is 16.1. The van der Waals surface area contributed by atoms with Crippen molar-refractivity contribution in [2.45, 2.75) is 13.5 Å². The molecular formula is C24H16BrCl4NO2. The van der Waals surface area contributed by atoms with Crippen LogP contribution in [0.5, 0.6) is 11.5 Å². The molecule has 0 N–H and O–H groups in total. The molecule has 0 amide bonds. The van der Waals surface area contributed by atoms with Crippen LogP contribution in [-0.4, -0.2) is 6.61 Å². The highest BCUT2D eigenvalue weighted by molar-refractivity contribution is 9.10. The first-order valence-electron chi connectivity index (χ1n) is 9.42. The highest BCUT2D eigenvalue weighted by Crippen LogP contribution is 2.39. The van der Waals surface area contributed by atoms with Crippen LogP contribution in [0.25, 0.3) is 11.6 Å². The smallest absolute Gasteiger partial charge is 0.175 e. The molecule has 8 heteroatoms. The number of rotatable bonds is 7. The second kappa shape index (κ2) is 11.3. The third-order valence-electron chi connectivity index (χ3n) is 4.37. The molecule has 0 heterocycles. The zero-order valence-corrected chi connectivity index (χ0v) is 21.4. The van der Waals surface area contributed by atoms with Gasteiger partial charge < -0.3 is 9.47 Å². The summed E-state index contributed by atoms with van der Waals surface area (Å²) in [4.78, 5) is 0. The van der Waals surface area contributed by atoms with Crippen molar-refractivity contribution in [3.63, 3.8) is 0 Å². The molecule has 0 radical (unpaired) electrons. The maximum absolute atomic E-state index is 9.69. The Kier molecular flexibility index (Phi) is 8.76. The van der Waals surface area contributed by atoms with E-state index in [0.29, 0.717) is 53.8 Å². The van der Waals surface area contributed by atoms with Gasteiger partial charge in [-0.05, 0) is 70.9 Å². The second-order valence-corrected chi connectivity index (χ2v) is 9.12. The van der Waals surface area contributed by atoms with Gasteiger partial charge in [0.25, 0.3) is 0 Å². The molecule has 0 aromatic heterocycles. The second-order valence-electron chi connectivity index (χ2n) is 6.58. The fraction of sp³-hybridized carbons (Fsp3) is 0.125. The molecule has 0 bridgehead atoms. The summed E-state index contributed by atoms with van der Waals surface area (Å²) in [6.45, 7) is 2.55. The number of hydrogen-bond acceptors (Lipinski definition) is 3. The Bertz CT molecular complexity index is 1220. The van der Waals surface area contributed by atoms with E-state index >= 15 is 0 Å². The van der Waals surface area contributed by atoms with Crippen LogP contribution in [0.4, 0.5) is 0 Å². The Morgan fingerprint density at radius 3 is 2.28 bits per heavy atom. The van der Waals surface area contributed by atoms with E-state index < -0.39 is 0 Å². The maximum Gasteiger partial charge on any atom is 0.175 e. The SMILES string of the molecule is CCOc1cc(/C=C(\C#N)c2ccc(Cl)cc2Cl)cc(Br)c1OCc1ccc(Cl)cc1Cl. The van der Waals surface area contributed by atoms with E-state index in [0.717, 1.165) is 11.1 Å². The van der Waals surface area contributed by atoms with E-state index in [9.17, 15) is 5.26 Å². The average molecular weight is 572 g/mol. The zero-order valence-electron chi connectivity index (χ0n) is 16.8. The number of hydrogen-bond donors (Lipinski definition) is 0. The van der Waals surface area contributed by atoms with Crippen molar-refractivity contribution in [3.8, 4) is 17.6 Å². The van der Waals surface area contributed by atoms with Crippen LogP contribution >= 0.6 is 62.3 Å². The highest BCUT2D eigenvalue weighted by Gasteiger charge is 2.14. The Morgan fingerprint density at radius 2 is 1.66 bits per heavy atom. The lowest BCUT2D eigenvalue weighted by Gasteiger charge is -2.15. The van der Waals surface area contributed by atoms with Gasteiger partial charge in [0.15, 0.2) is 11.5 Å². The van der Waals surface area contributed by atoms with Gasteiger partial charge >= 0.3 is 0 Å². The minimum Gasteiger partial charge on any atom is -0.490 e. The number of halogens is 5. The van der Waals surface area contributed by atoms with E-state index in [4.69, 9.17) is 55.9 Å². The molecule has 164 valence electrons. The molecule has 0 aliphatic carbocycles. The van der Waals surface area contributed by atoms with Crippen molar-refractivity contribution in [2.75, 3.05) is 6.61 Å². The van der Waals surface area contributed by atoms with Crippen LogP contribution in [0, 0.1) is 11.3 Å². The summed E-state index contributed by atoms with van der Waals surface area (Å²) in [5.74, 6) is 1.05. The van der Waals surface area contributed by atoms with Crippen molar-refractivity contribution < 1.29 is 9.47 Å². The highest BCUT2D eigenvalue weighted by atomic mass is 79.9. The number of benzene rings is 3. The van der Waals surface area contributed by atoms with Gasteiger partial charge in [-0.2, -0.15) is 5.26 Å². The molecule has 0 aliphatic rings. The Balaban J connectivity index is 1.95. The van der Waals surface area contributed by atoms with E-state index in [1.807, 2.05) is 19.1 Å². The normalized spacial score (nSPS) is 11.2. The predicted octanol–water partition coefficient (Wildman–Crippen LogP) is 9.10. The first-order valence-corrected chi connectivity index (χ1v) is 11.7. The third-order valence-corrected chi connectivity index (χ3v) is 6.10. The van der Waals surface area contributed by atoms with Gasteiger partial charge in [0.1, 0.15) is 6.61 Å². The Hall–Kier alpha value is -1.87. The van der Waals surface area contributed by atoms with Crippen LogP contribution in [0.2, 0.25) is 20.1 Å². The maximum atomic E-state index is 9.69. The van der Waals surface area contributed by atoms with Crippen LogP contribution in [0.1, 0.15) is 23.6 Å². The molecule has 32 heavy (non-hydrogen) atoms. The lowest BCUT2D eigenvalue weighted by atomic mass is 10.0. The Labute approximate surface area is 215 Å². The van der Waals surface area contributed by atoms with Gasteiger partial charge in [-0.1, -0.05) is 58.5 Å². The summed E-state index contributed by atoms with van der Waals surface area (Å²) in [5.41, 5.74) is 2.51. The molecule has 0 spiro atoms. The summed E-state index contributed by atoms with van der Waals surface area (Å²) in [7, 11) is 0. The summed E-state index contributed by atoms with van der Waals surface area (Å²) in [5, 5.41) is 11.7. The lowest BCUT2D eigenvalue weighted by molar-refractivity contribution is 0.267. The fourth-order valence-corrected chi connectivity index (χ4v) is 4.46. The van der Waals surface area contributed by atoms with Gasteiger partial charge in [0.2, 0.25) is 0 Å². The van der Waals surface area contributed by atoms with Gasteiger partial charge in [0.05, 0.1) is 27.7 Å². The number of nitrogens with zero attached hydrogens (tertiary/aromatic N) is 1. The van der Waals surface area contributed by atoms with Crippen molar-refractivity contribution in [2.24, 2.45) is 0 Å². The van der Waals surface area contributed by atoms with Crippen molar-refractivity contribution in [3.05, 3.63) is 89.8 Å². The first-order chi connectivity index (χ1) is 15.3. The molecule has 0 unspecified atom stereocenters. The minimum atomic E-state index is 0.230. The molecule has 0 saturated carbocycles. The van der Waals surface area contributed by atoms with E-state index in [1.54, 1.807) is 42.5 Å². The fourth-order valence-electron chi connectivity index (χ4n) is 2.91. The van der Waals surface area contributed by atoms with Crippen LogP contribution in [-0.2, 0) is 6.61 Å². The van der Waals surface area contributed by atoms with Gasteiger partial charge in [-0.15, -0.1) is 0 Å². The number of nitriles is 1. The lowest BCUT2D eigenvalue weighted by Crippen LogP contribution is -2.01. The quantitative estimate of drug-likeness (QED) is 0.210. The van der Waals surface area contributed by atoms with Gasteiger partial charge in [-0.25, -0.2) is 0 Å². The van der Waals surface area contributed by atoms with Crippen LogP contribution < -0.4 is 9.47 Å². The molecule has 3 aromatic carbocycles. The first kappa shape index (κ1) is 24.8. The summed E-state index contributed by atoms with van der Waals surface area (Å²) >= 11 is 28.0. The summed E-state index contributed by atoms with van der Waals surface area (Å²) < 4.78 is 12.5. The van der Waals surface area contributed by atoms with Crippen LogP contribution in [0.3, 0.4) is 0 Å². The van der Waals surface area contributed by atoms with Crippen molar-refractivity contribution in [1.29, 1.82) is 5.26 Å². The molecular weight excluding hydrogens is 556 g/mol. The third kappa shape index (κ3) is 6.13. The van der Waals surface area contributed by atoms with E-state index in [-0.39, 0.29) is 6.61 Å². The molecule has 3 rings (SSSR count). The van der Waals surface area contributed by atoms with Crippen LogP contribution in [0.15, 0.2) is 53.0 Å². The average Bonchev–Trinajstić information content (AvgIpc) is 2.73. The molecule has 0 saturated heterocycles. The Morgan fingerprint density at radius 1 is 0.969 bits per heavy atom. The molecule has 3 aromatic rings. The van der Waals surface area contributed by atoms with Crippen molar-refractivity contribution >= 4 is 74.0 Å². The van der Waals surface area contributed by atoms with Gasteiger partial charge in [-0.3, -0.25) is 0 Å². The minimum absolute atomic E-state index is 0.230.